The first-order chi connectivity index (χ1) is 10.6. The molecule has 1 saturated heterocycles. The quantitative estimate of drug-likeness (QED) is 0.734. The molecule has 1 aromatic heterocycles. The highest BCUT2D eigenvalue weighted by Crippen LogP contribution is 2.26. The van der Waals surface area contributed by atoms with Crippen molar-refractivity contribution in [2.75, 3.05) is 30.9 Å². The summed E-state index contributed by atoms with van der Waals surface area (Å²) in [6, 6.07) is 0.462. The molecular formula is C16H26N6. The second-order valence-electron chi connectivity index (χ2n) is 5.04. The van der Waals surface area contributed by atoms with E-state index in [2.05, 4.69) is 16.9 Å². The molecule has 2 aliphatic rings. The maximum absolute atomic E-state index is 8.19. The van der Waals surface area contributed by atoms with E-state index >= 15 is 0 Å². The van der Waals surface area contributed by atoms with Crippen molar-refractivity contribution in [2.45, 2.75) is 19.9 Å². The smallest absolute Gasteiger partial charge is 0.187 e. The lowest BCUT2D eigenvalue weighted by Gasteiger charge is -2.39. The molecule has 1 aliphatic heterocycles. The van der Waals surface area contributed by atoms with E-state index in [0.29, 0.717) is 17.6 Å². The zero-order valence-corrected chi connectivity index (χ0v) is 13.4. The van der Waals surface area contributed by atoms with E-state index in [4.69, 9.17) is 11.3 Å². The molecular weight excluding hydrogens is 276 g/mol. The van der Waals surface area contributed by atoms with Crippen molar-refractivity contribution < 1.29 is 1.43 Å². The molecule has 0 bridgehead atoms. The van der Waals surface area contributed by atoms with Gasteiger partial charge in [0, 0.05) is 26.1 Å². The van der Waals surface area contributed by atoms with Gasteiger partial charge in [0.15, 0.2) is 11.3 Å². The van der Waals surface area contributed by atoms with Crippen molar-refractivity contribution in [2.24, 2.45) is 0 Å². The topological polar surface area (TPSA) is 83.0 Å². The average molecular weight is 302 g/mol. The highest BCUT2D eigenvalue weighted by molar-refractivity contribution is 5.83. The SMILES string of the molecule is C=C1C=CC=C1c1cnc(N2CC(NC)C2)c(=N)n1N.CC.[HH]. The normalized spacial score (nSPS) is 17.0. The Bertz CT molecular complexity index is 682. The molecule has 0 aromatic carbocycles. The van der Waals surface area contributed by atoms with Gasteiger partial charge in [0.05, 0.1) is 11.9 Å². The zero-order chi connectivity index (χ0) is 16.3. The Morgan fingerprint density at radius 2 is 2.14 bits per heavy atom. The molecule has 1 fully saturated rings. The fourth-order valence-electron chi connectivity index (χ4n) is 2.45. The first-order valence-corrected chi connectivity index (χ1v) is 7.53. The summed E-state index contributed by atoms with van der Waals surface area (Å²) in [5.41, 5.74) is 2.73. The van der Waals surface area contributed by atoms with Crippen LogP contribution in [0.3, 0.4) is 0 Å². The first kappa shape index (κ1) is 16.0. The molecule has 120 valence electrons. The summed E-state index contributed by atoms with van der Waals surface area (Å²) in [5, 5.41) is 11.4. The molecule has 1 aliphatic carbocycles. The van der Waals surface area contributed by atoms with Crippen molar-refractivity contribution in [1.29, 1.82) is 5.41 Å². The predicted octanol–water partition coefficient (Wildman–Crippen LogP) is 1.27. The van der Waals surface area contributed by atoms with Crippen molar-refractivity contribution >= 4 is 11.4 Å². The van der Waals surface area contributed by atoms with Gasteiger partial charge in [-0.25, -0.2) is 9.66 Å². The van der Waals surface area contributed by atoms with Crippen LogP contribution in [0.2, 0.25) is 0 Å². The molecule has 2 heterocycles. The van der Waals surface area contributed by atoms with Crippen molar-refractivity contribution in [3.8, 4) is 0 Å². The van der Waals surface area contributed by atoms with Gasteiger partial charge in [-0.1, -0.05) is 38.7 Å². The van der Waals surface area contributed by atoms with Crippen LogP contribution >= 0.6 is 0 Å². The van der Waals surface area contributed by atoms with Gasteiger partial charge in [-0.2, -0.15) is 0 Å². The van der Waals surface area contributed by atoms with E-state index in [9.17, 15) is 0 Å². The fraction of sp³-hybridized carbons (Fsp3) is 0.375. The number of hydrogen-bond donors (Lipinski definition) is 3. The number of likely N-dealkylation sites (N-methyl/N-ethyl adjacent to an activating group) is 1. The van der Waals surface area contributed by atoms with Crippen LogP contribution in [0.25, 0.3) is 5.57 Å². The van der Waals surface area contributed by atoms with Crippen molar-refractivity contribution in [3.05, 3.63) is 47.8 Å². The number of allylic oxidation sites excluding steroid dienone is 5. The maximum atomic E-state index is 8.19. The Kier molecular flexibility index (Phi) is 4.82. The van der Waals surface area contributed by atoms with Crippen LogP contribution in [0.1, 0.15) is 21.0 Å². The number of hydrogen-bond acceptors (Lipinski definition) is 5. The lowest BCUT2D eigenvalue weighted by atomic mass is 10.1. The molecule has 0 saturated carbocycles. The highest BCUT2D eigenvalue weighted by Gasteiger charge is 2.28. The molecule has 0 radical (unpaired) electrons. The zero-order valence-electron chi connectivity index (χ0n) is 13.4. The minimum atomic E-state index is 0. The first-order valence-electron chi connectivity index (χ1n) is 7.53. The second kappa shape index (κ2) is 6.62. The lowest BCUT2D eigenvalue weighted by Crippen LogP contribution is -2.59. The summed E-state index contributed by atoms with van der Waals surface area (Å²) in [4.78, 5) is 6.46. The Morgan fingerprint density at radius 1 is 1.45 bits per heavy atom. The van der Waals surface area contributed by atoms with Crippen LogP contribution in [-0.4, -0.2) is 35.8 Å². The molecule has 0 unspecified atom stereocenters. The lowest BCUT2D eigenvalue weighted by molar-refractivity contribution is 0.444. The monoisotopic (exact) mass is 302 g/mol. The average Bonchev–Trinajstić information content (AvgIpc) is 2.91. The van der Waals surface area contributed by atoms with Crippen LogP contribution in [0.4, 0.5) is 5.82 Å². The highest BCUT2D eigenvalue weighted by atomic mass is 15.3. The number of anilines is 1. The van der Waals surface area contributed by atoms with Gasteiger partial charge in [-0.05, 0) is 12.6 Å². The summed E-state index contributed by atoms with van der Waals surface area (Å²) < 4.78 is 1.37. The van der Waals surface area contributed by atoms with Gasteiger partial charge in [0.2, 0.25) is 0 Å². The Balaban J connectivity index is 0.000000849. The molecule has 6 heteroatoms. The molecule has 22 heavy (non-hydrogen) atoms. The number of nitrogens with two attached hydrogens (primary N) is 1. The van der Waals surface area contributed by atoms with Crippen LogP contribution in [-0.2, 0) is 0 Å². The van der Waals surface area contributed by atoms with E-state index in [1.807, 2.05) is 44.0 Å². The number of nitrogens with zero attached hydrogens (tertiary/aromatic N) is 3. The van der Waals surface area contributed by atoms with Gasteiger partial charge in [0.1, 0.15) is 0 Å². The molecule has 1 aromatic rings. The maximum Gasteiger partial charge on any atom is 0.187 e. The number of rotatable bonds is 3. The summed E-state index contributed by atoms with van der Waals surface area (Å²) in [6.07, 6.45) is 7.48. The number of nitrogen functional groups attached to an aromatic ring is 1. The Morgan fingerprint density at radius 3 is 2.68 bits per heavy atom. The Labute approximate surface area is 132 Å². The molecule has 6 nitrogen and oxygen atoms in total. The summed E-state index contributed by atoms with van der Waals surface area (Å²) >= 11 is 0. The fourth-order valence-corrected chi connectivity index (χ4v) is 2.45. The number of nitrogens with one attached hydrogen (secondary N) is 2. The van der Waals surface area contributed by atoms with Gasteiger partial charge >= 0.3 is 0 Å². The standard InChI is InChI=1S/C14H18N6.C2H6.H2/c1-9-4-3-5-11(9)12-6-18-14(13(15)20(12)16)19-7-10(8-19)17-2;1-2;/h3-6,10,15,17H,1,7-8,16H2,2H3;1-2H3;1H. The van der Waals surface area contributed by atoms with E-state index in [1.54, 1.807) is 6.20 Å². The van der Waals surface area contributed by atoms with E-state index < -0.39 is 0 Å². The second-order valence-corrected chi connectivity index (χ2v) is 5.04. The van der Waals surface area contributed by atoms with Crippen molar-refractivity contribution in [3.63, 3.8) is 0 Å². The minimum Gasteiger partial charge on any atom is -0.350 e. The molecule has 3 rings (SSSR count). The van der Waals surface area contributed by atoms with Gasteiger partial charge in [-0.3, -0.25) is 5.41 Å². The van der Waals surface area contributed by atoms with E-state index in [1.165, 1.54) is 4.68 Å². The van der Waals surface area contributed by atoms with Crippen LogP contribution in [0.15, 0.2) is 36.6 Å². The number of aromatic nitrogens is 2. The largest absolute Gasteiger partial charge is 0.350 e. The van der Waals surface area contributed by atoms with Gasteiger partial charge in [0.25, 0.3) is 0 Å². The van der Waals surface area contributed by atoms with Crippen LogP contribution in [0, 0.1) is 5.41 Å². The molecule has 4 N–H and O–H groups in total. The van der Waals surface area contributed by atoms with E-state index in [0.717, 1.165) is 24.2 Å². The van der Waals surface area contributed by atoms with Crippen molar-refractivity contribution in [1.82, 2.24) is 15.0 Å². The van der Waals surface area contributed by atoms with Crippen LogP contribution < -0.4 is 21.5 Å². The third-order valence-electron chi connectivity index (χ3n) is 3.79. The van der Waals surface area contributed by atoms with E-state index in [-0.39, 0.29) is 6.91 Å². The van der Waals surface area contributed by atoms with Crippen LogP contribution in [0.5, 0.6) is 0 Å². The summed E-state index contributed by atoms with van der Waals surface area (Å²) in [6.45, 7) is 9.66. The third kappa shape index (κ3) is 2.69. The molecule has 0 atom stereocenters. The minimum absolute atomic E-state index is 0. The Hall–Kier alpha value is -2.34. The predicted molar refractivity (Wildman–Crippen MR) is 93.0 cm³/mol. The third-order valence-corrected chi connectivity index (χ3v) is 3.79. The molecule has 0 amide bonds. The summed E-state index contributed by atoms with van der Waals surface area (Å²) in [5.74, 6) is 6.67. The summed E-state index contributed by atoms with van der Waals surface area (Å²) in [7, 11) is 1.94. The molecule has 0 spiro atoms. The van der Waals surface area contributed by atoms with Gasteiger partial charge in [-0.15, -0.1) is 0 Å². The van der Waals surface area contributed by atoms with Gasteiger partial charge < -0.3 is 16.1 Å².